The zero-order valence-electron chi connectivity index (χ0n) is 17.2. The first-order chi connectivity index (χ1) is 15.6. The van der Waals surface area contributed by atoms with Crippen molar-refractivity contribution in [2.24, 2.45) is 0 Å². The molecule has 174 valence electrons. The molecule has 2 aromatic carbocycles. The highest BCUT2D eigenvalue weighted by molar-refractivity contribution is 6.30. The van der Waals surface area contributed by atoms with Gasteiger partial charge in [-0.25, -0.2) is 9.78 Å². The molecule has 2 N–H and O–H groups in total. The van der Waals surface area contributed by atoms with E-state index in [0.717, 1.165) is 16.8 Å². The number of nitrogens with zero attached hydrogens (tertiary/aromatic N) is 2. The topological polar surface area (TPSA) is 93.5 Å². The molecule has 1 amide bonds. The summed E-state index contributed by atoms with van der Waals surface area (Å²) >= 11 is 5.85. The second-order valence-corrected chi connectivity index (χ2v) is 6.82. The van der Waals surface area contributed by atoms with Crippen molar-refractivity contribution >= 4 is 29.6 Å². The van der Waals surface area contributed by atoms with Gasteiger partial charge in [0.2, 0.25) is 5.91 Å². The predicted molar refractivity (Wildman–Crippen MR) is 116 cm³/mol. The van der Waals surface area contributed by atoms with Crippen LogP contribution in [0.3, 0.4) is 0 Å². The van der Waals surface area contributed by atoms with Crippen LogP contribution in [0.1, 0.15) is 11.1 Å². The minimum Gasteiger partial charge on any atom is -0.495 e. The van der Waals surface area contributed by atoms with E-state index in [1.807, 2.05) is 41.1 Å². The van der Waals surface area contributed by atoms with Crippen LogP contribution in [0.5, 0.6) is 5.75 Å². The first-order valence-corrected chi connectivity index (χ1v) is 9.65. The normalized spacial score (nSPS) is 10.9. The smallest absolute Gasteiger partial charge is 0.490 e. The monoisotopic (exact) mass is 481 g/mol. The molecule has 7 nitrogen and oxygen atoms in total. The lowest BCUT2D eigenvalue weighted by Crippen LogP contribution is -2.21. The molecule has 0 unspecified atom stereocenters. The van der Waals surface area contributed by atoms with Crippen molar-refractivity contribution in [3.63, 3.8) is 0 Å². The third kappa shape index (κ3) is 8.34. The lowest BCUT2D eigenvalue weighted by atomic mass is 10.1. The number of aliphatic carboxylic acids is 1. The van der Waals surface area contributed by atoms with Gasteiger partial charge in [0.25, 0.3) is 0 Å². The van der Waals surface area contributed by atoms with Crippen LogP contribution in [0, 0.1) is 0 Å². The number of nitrogens with one attached hydrogen (secondary N) is 1. The Hall–Kier alpha value is -3.79. The molecule has 11 heteroatoms. The molecule has 0 aliphatic rings. The average Bonchev–Trinajstić information content (AvgIpc) is 3.31. The minimum absolute atomic E-state index is 0.169. The van der Waals surface area contributed by atoms with Gasteiger partial charge < -0.3 is 19.7 Å². The number of amides is 1. The highest BCUT2D eigenvalue weighted by Gasteiger charge is 2.38. The van der Waals surface area contributed by atoms with Crippen LogP contribution in [-0.2, 0) is 16.1 Å². The molecular formula is C22H19ClF3N3O4. The first kappa shape index (κ1) is 25.5. The van der Waals surface area contributed by atoms with Gasteiger partial charge in [-0.1, -0.05) is 29.8 Å². The Labute approximate surface area is 192 Å². The second kappa shape index (κ2) is 11.7. The number of hydrogen-bond donors (Lipinski definition) is 2. The fourth-order valence-electron chi connectivity index (χ4n) is 2.44. The number of carboxylic acids is 1. The Balaban J connectivity index is 0.000000479. The zero-order chi connectivity index (χ0) is 24.4. The summed E-state index contributed by atoms with van der Waals surface area (Å²) < 4.78 is 39.0. The van der Waals surface area contributed by atoms with Crippen molar-refractivity contribution in [3.05, 3.63) is 83.4 Å². The summed E-state index contributed by atoms with van der Waals surface area (Å²) in [6, 6.07) is 13.1. The molecule has 1 aromatic heterocycles. The molecule has 3 aromatic rings. The number of halogens is 4. The van der Waals surface area contributed by atoms with E-state index < -0.39 is 12.1 Å². The van der Waals surface area contributed by atoms with E-state index in [-0.39, 0.29) is 5.91 Å². The number of aromatic nitrogens is 2. The number of methoxy groups -OCH3 is 1. The SMILES string of the molecule is COc1cc(/C=C/C(=O)NCc2ccc(Cl)cc2)ccc1-n1ccnc1.O=C(O)C(F)(F)F. The summed E-state index contributed by atoms with van der Waals surface area (Å²) in [7, 11) is 1.61. The Morgan fingerprint density at radius 1 is 1.21 bits per heavy atom. The standard InChI is InChI=1S/C20H18ClN3O2.C2HF3O2/c1-26-19-12-15(4-8-18(19)24-11-10-22-14-24)5-9-20(25)23-13-16-2-6-17(21)7-3-16;3-2(4,5)1(6)7/h2-12,14H,13H2,1H3,(H,23,25);(H,6,7)/b9-5+;. The highest BCUT2D eigenvalue weighted by Crippen LogP contribution is 2.24. The van der Waals surface area contributed by atoms with E-state index >= 15 is 0 Å². The summed E-state index contributed by atoms with van der Waals surface area (Å²) in [5, 5.41) is 10.6. The van der Waals surface area contributed by atoms with E-state index in [4.69, 9.17) is 26.2 Å². The van der Waals surface area contributed by atoms with Crippen LogP contribution in [0.4, 0.5) is 13.2 Å². The number of carbonyl (C=O) groups excluding carboxylic acids is 1. The van der Waals surface area contributed by atoms with Gasteiger partial charge in [-0.2, -0.15) is 13.2 Å². The molecule has 0 spiro atoms. The summed E-state index contributed by atoms with van der Waals surface area (Å²) in [6.07, 6.45) is 3.42. The maximum Gasteiger partial charge on any atom is 0.490 e. The first-order valence-electron chi connectivity index (χ1n) is 9.27. The molecule has 33 heavy (non-hydrogen) atoms. The molecule has 0 fully saturated rings. The van der Waals surface area contributed by atoms with Crippen molar-refractivity contribution in [2.75, 3.05) is 7.11 Å². The van der Waals surface area contributed by atoms with Crippen molar-refractivity contribution in [2.45, 2.75) is 12.7 Å². The number of carbonyl (C=O) groups is 2. The van der Waals surface area contributed by atoms with Crippen LogP contribution in [-0.4, -0.2) is 39.8 Å². The average molecular weight is 482 g/mol. The van der Waals surface area contributed by atoms with Crippen LogP contribution < -0.4 is 10.1 Å². The molecule has 0 saturated heterocycles. The highest BCUT2D eigenvalue weighted by atomic mass is 35.5. The fraction of sp³-hybridized carbons (Fsp3) is 0.136. The third-order valence-corrected chi connectivity index (χ3v) is 4.29. The molecule has 0 bridgehead atoms. The van der Waals surface area contributed by atoms with Crippen LogP contribution >= 0.6 is 11.6 Å². The maximum absolute atomic E-state index is 12.0. The van der Waals surface area contributed by atoms with E-state index in [9.17, 15) is 18.0 Å². The van der Waals surface area contributed by atoms with Crippen molar-refractivity contribution in [1.82, 2.24) is 14.9 Å². The summed E-state index contributed by atoms with van der Waals surface area (Å²) in [6.45, 7) is 0.448. The number of rotatable bonds is 6. The molecule has 0 aliphatic carbocycles. The van der Waals surface area contributed by atoms with Crippen LogP contribution in [0.15, 0.2) is 67.3 Å². The maximum atomic E-state index is 12.0. The lowest BCUT2D eigenvalue weighted by molar-refractivity contribution is -0.192. The van der Waals surface area contributed by atoms with Gasteiger partial charge in [0.1, 0.15) is 5.75 Å². The Kier molecular flexibility index (Phi) is 9.05. The number of alkyl halides is 3. The zero-order valence-corrected chi connectivity index (χ0v) is 18.0. The second-order valence-electron chi connectivity index (χ2n) is 6.38. The lowest BCUT2D eigenvalue weighted by Gasteiger charge is -2.09. The van der Waals surface area contributed by atoms with Crippen LogP contribution in [0.25, 0.3) is 11.8 Å². The fourth-order valence-corrected chi connectivity index (χ4v) is 2.56. The largest absolute Gasteiger partial charge is 0.495 e. The van der Waals surface area contributed by atoms with Crippen molar-refractivity contribution in [1.29, 1.82) is 0 Å². The summed E-state index contributed by atoms with van der Waals surface area (Å²) in [4.78, 5) is 24.9. The summed E-state index contributed by atoms with van der Waals surface area (Å²) in [5.41, 5.74) is 2.74. The molecule has 0 radical (unpaired) electrons. The van der Waals surface area contributed by atoms with E-state index in [1.54, 1.807) is 37.8 Å². The molecular weight excluding hydrogens is 463 g/mol. The molecule has 0 saturated carbocycles. The quantitative estimate of drug-likeness (QED) is 0.506. The van der Waals surface area contributed by atoms with Gasteiger partial charge in [-0.3, -0.25) is 4.79 Å². The predicted octanol–water partition coefficient (Wildman–Crippen LogP) is 4.50. The van der Waals surface area contributed by atoms with Crippen molar-refractivity contribution in [3.8, 4) is 11.4 Å². The van der Waals surface area contributed by atoms with Gasteiger partial charge in [0.15, 0.2) is 0 Å². The number of benzene rings is 2. The molecule has 0 aliphatic heterocycles. The minimum atomic E-state index is -5.08. The van der Waals surface area contributed by atoms with Crippen molar-refractivity contribution < 1.29 is 32.6 Å². The molecule has 0 atom stereocenters. The Bertz CT molecular complexity index is 1100. The van der Waals surface area contributed by atoms with Crippen LogP contribution in [0.2, 0.25) is 5.02 Å². The number of carboxylic acid groups (broad SMARTS) is 1. The third-order valence-electron chi connectivity index (χ3n) is 4.04. The number of ether oxygens (including phenoxy) is 1. The van der Waals surface area contributed by atoms with Gasteiger partial charge in [-0.05, 0) is 41.5 Å². The Morgan fingerprint density at radius 2 is 1.88 bits per heavy atom. The van der Waals surface area contributed by atoms with Gasteiger partial charge >= 0.3 is 12.1 Å². The van der Waals surface area contributed by atoms with Gasteiger partial charge in [0.05, 0.1) is 19.1 Å². The molecule has 1 heterocycles. The van der Waals surface area contributed by atoms with E-state index in [0.29, 0.717) is 17.3 Å². The van der Waals surface area contributed by atoms with E-state index in [1.165, 1.54) is 6.08 Å². The van der Waals surface area contributed by atoms with E-state index in [2.05, 4.69) is 10.3 Å². The Morgan fingerprint density at radius 3 is 2.42 bits per heavy atom. The number of imidazole rings is 1. The molecule has 3 rings (SSSR count). The number of hydrogen-bond acceptors (Lipinski definition) is 4. The summed E-state index contributed by atoms with van der Waals surface area (Å²) in [5.74, 6) is -2.23. The van der Waals surface area contributed by atoms with Gasteiger partial charge in [-0.15, -0.1) is 0 Å². The van der Waals surface area contributed by atoms with Gasteiger partial charge in [0, 0.05) is 30.0 Å².